The van der Waals surface area contributed by atoms with Crippen molar-refractivity contribution in [1.82, 2.24) is 0 Å². The van der Waals surface area contributed by atoms with E-state index in [1.807, 2.05) is 12.1 Å². The summed E-state index contributed by atoms with van der Waals surface area (Å²) in [5, 5.41) is 1.45. The second-order valence-corrected chi connectivity index (χ2v) is 10.6. The number of unbranched alkanes of at least 4 members (excludes halogenated alkanes) is 12. The van der Waals surface area contributed by atoms with Gasteiger partial charge in [0.25, 0.3) is 0 Å². The third-order valence-electron chi connectivity index (χ3n) is 6.53. The van der Waals surface area contributed by atoms with E-state index in [0.29, 0.717) is 5.39 Å². The van der Waals surface area contributed by atoms with E-state index >= 15 is 0 Å². The van der Waals surface area contributed by atoms with Gasteiger partial charge in [0.1, 0.15) is 10.1 Å². The van der Waals surface area contributed by atoms with Crippen molar-refractivity contribution in [2.24, 2.45) is 0 Å². The van der Waals surface area contributed by atoms with Gasteiger partial charge in [0, 0.05) is 0 Å². The minimum Gasteiger partial charge on any atom is -0.744 e. The molecule has 0 spiro atoms. The van der Waals surface area contributed by atoms with Gasteiger partial charge < -0.3 is 4.55 Å². The maximum Gasteiger partial charge on any atom is 1.00 e. The second-order valence-electron chi connectivity index (χ2n) is 9.29. The minimum atomic E-state index is -4.48. The molecule has 3 nitrogen and oxygen atoms in total. The summed E-state index contributed by atoms with van der Waals surface area (Å²) in [6.07, 6.45) is 19.8. The van der Waals surface area contributed by atoms with Crippen molar-refractivity contribution in [3.8, 4) is 0 Å². The number of hydrogen-bond donors (Lipinski definition) is 0. The number of benzene rings is 2. The van der Waals surface area contributed by atoms with E-state index < -0.39 is 10.1 Å². The summed E-state index contributed by atoms with van der Waals surface area (Å²) in [4.78, 5) is -0.0849. The van der Waals surface area contributed by atoms with Gasteiger partial charge in [-0.1, -0.05) is 109 Å². The van der Waals surface area contributed by atoms with Crippen LogP contribution in [0.4, 0.5) is 0 Å². The molecular formula is C28H43NaO3S. The predicted molar refractivity (Wildman–Crippen MR) is 135 cm³/mol. The monoisotopic (exact) mass is 482 g/mol. The summed E-state index contributed by atoms with van der Waals surface area (Å²) in [7, 11) is -4.48. The summed E-state index contributed by atoms with van der Waals surface area (Å²) >= 11 is 0. The summed E-state index contributed by atoms with van der Waals surface area (Å²) < 4.78 is 35.4. The average molecular weight is 483 g/mol. The largest absolute Gasteiger partial charge is 1.00 e. The van der Waals surface area contributed by atoms with Crippen molar-refractivity contribution < 1.29 is 42.5 Å². The maximum absolute atomic E-state index is 11.8. The molecule has 0 aliphatic heterocycles. The van der Waals surface area contributed by atoms with E-state index in [1.165, 1.54) is 101 Å². The Hall–Kier alpha value is -0.390. The first-order valence-corrected chi connectivity index (χ1v) is 14.4. The Labute approximate surface area is 225 Å². The van der Waals surface area contributed by atoms with Gasteiger partial charge in [-0.15, -0.1) is 0 Å². The Morgan fingerprint density at radius 3 is 1.61 bits per heavy atom. The van der Waals surface area contributed by atoms with Crippen LogP contribution in [0.3, 0.4) is 0 Å². The molecule has 2 rings (SSSR count). The summed E-state index contributed by atoms with van der Waals surface area (Å²) in [6.45, 7) is 4.48. The van der Waals surface area contributed by atoms with Crippen molar-refractivity contribution in [3.63, 3.8) is 0 Å². The Balaban J connectivity index is 0.00000544. The quantitative estimate of drug-likeness (QED) is 0.174. The van der Waals surface area contributed by atoms with Crippen LogP contribution in [-0.4, -0.2) is 13.0 Å². The Bertz CT molecular complexity index is 909. The molecule has 0 aliphatic rings. The molecule has 0 amide bonds. The number of aryl methyl sites for hydroxylation is 2. The molecule has 0 fully saturated rings. The second kappa shape index (κ2) is 17.1. The summed E-state index contributed by atoms with van der Waals surface area (Å²) in [5.74, 6) is 0. The fourth-order valence-electron chi connectivity index (χ4n) is 4.62. The van der Waals surface area contributed by atoms with Gasteiger partial charge in [0.05, 0.1) is 4.90 Å². The van der Waals surface area contributed by atoms with E-state index in [4.69, 9.17) is 0 Å². The number of rotatable bonds is 17. The van der Waals surface area contributed by atoms with Crippen molar-refractivity contribution in [1.29, 1.82) is 0 Å². The fraction of sp³-hybridized carbons (Fsp3) is 0.643. The molecule has 0 unspecified atom stereocenters. The van der Waals surface area contributed by atoms with Crippen LogP contribution >= 0.6 is 0 Å². The van der Waals surface area contributed by atoms with E-state index in [1.54, 1.807) is 6.07 Å². The van der Waals surface area contributed by atoms with E-state index in [-0.39, 0.29) is 34.5 Å². The molecule has 0 N–H and O–H groups in total. The first-order chi connectivity index (χ1) is 15.5. The van der Waals surface area contributed by atoms with Crippen molar-refractivity contribution >= 4 is 20.9 Å². The molecule has 180 valence electrons. The maximum atomic E-state index is 11.8. The molecule has 0 heterocycles. The van der Waals surface area contributed by atoms with Crippen LogP contribution < -0.4 is 29.6 Å². The summed E-state index contributed by atoms with van der Waals surface area (Å²) in [5.41, 5.74) is 2.56. The SMILES string of the molecule is CCCCCCCCCc1cc2cccc(S(=O)(=O)[O-])c2cc1CCCCCCCCC.[Na+]. The zero-order valence-electron chi connectivity index (χ0n) is 21.3. The Morgan fingerprint density at radius 1 is 0.667 bits per heavy atom. The average Bonchev–Trinajstić information content (AvgIpc) is 2.76. The van der Waals surface area contributed by atoms with E-state index in [0.717, 1.165) is 24.6 Å². The normalized spacial score (nSPS) is 11.6. The molecular weight excluding hydrogens is 439 g/mol. The molecule has 0 saturated carbocycles. The smallest absolute Gasteiger partial charge is 0.744 e. The van der Waals surface area contributed by atoms with Gasteiger partial charge in [-0.05, 0) is 59.7 Å². The van der Waals surface area contributed by atoms with Crippen LogP contribution in [0.1, 0.15) is 115 Å². The van der Waals surface area contributed by atoms with Crippen LogP contribution in [0.25, 0.3) is 10.8 Å². The fourth-order valence-corrected chi connectivity index (χ4v) is 5.31. The third-order valence-corrected chi connectivity index (χ3v) is 7.42. The first-order valence-electron chi connectivity index (χ1n) is 13.0. The molecule has 0 radical (unpaired) electrons. The molecule has 0 atom stereocenters. The zero-order chi connectivity index (χ0) is 23.2. The number of fused-ring (bicyclic) bond motifs is 1. The topological polar surface area (TPSA) is 57.2 Å². The first kappa shape index (κ1) is 30.6. The van der Waals surface area contributed by atoms with Crippen molar-refractivity contribution in [3.05, 3.63) is 41.5 Å². The molecule has 2 aromatic carbocycles. The van der Waals surface area contributed by atoms with Gasteiger partial charge in [-0.25, -0.2) is 8.42 Å². The molecule has 0 aliphatic carbocycles. The Kier molecular flexibility index (Phi) is 15.9. The standard InChI is InChI=1S/C28H44O3S.Na/c1-3-5-7-9-11-13-15-18-24-22-26-20-17-21-28(32(29,30)31)27(26)23-25(24)19-16-14-12-10-8-6-4-2;/h17,20-23H,3-16,18-19H2,1-2H3,(H,29,30,31);/q;+1/p-1. The minimum absolute atomic E-state index is 0. The molecule has 0 bridgehead atoms. The van der Waals surface area contributed by atoms with Crippen molar-refractivity contribution in [2.75, 3.05) is 0 Å². The van der Waals surface area contributed by atoms with Crippen LogP contribution in [-0.2, 0) is 23.0 Å². The van der Waals surface area contributed by atoms with Gasteiger partial charge in [0.2, 0.25) is 0 Å². The zero-order valence-corrected chi connectivity index (χ0v) is 24.1. The van der Waals surface area contributed by atoms with E-state index in [9.17, 15) is 13.0 Å². The third kappa shape index (κ3) is 11.3. The van der Waals surface area contributed by atoms with Crippen LogP contribution in [0.5, 0.6) is 0 Å². The molecule has 0 saturated heterocycles. The summed E-state index contributed by atoms with van der Waals surface area (Å²) in [6, 6.07) is 9.18. The predicted octanol–water partition coefficient (Wildman–Crippen LogP) is 5.33. The van der Waals surface area contributed by atoms with Crippen LogP contribution in [0.2, 0.25) is 0 Å². The van der Waals surface area contributed by atoms with Gasteiger partial charge in [0.15, 0.2) is 0 Å². The number of hydrogen-bond acceptors (Lipinski definition) is 3. The molecule has 2 aromatic rings. The van der Waals surface area contributed by atoms with E-state index in [2.05, 4.69) is 19.9 Å². The molecule has 5 heteroatoms. The van der Waals surface area contributed by atoms with Crippen molar-refractivity contribution in [2.45, 2.75) is 121 Å². The van der Waals surface area contributed by atoms with Gasteiger partial charge in [-0.2, -0.15) is 0 Å². The molecule has 0 aromatic heterocycles. The molecule has 33 heavy (non-hydrogen) atoms. The van der Waals surface area contributed by atoms with Gasteiger partial charge >= 0.3 is 29.6 Å². The van der Waals surface area contributed by atoms with Crippen LogP contribution in [0, 0.1) is 0 Å². The Morgan fingerprint density at radius 2 is 1.12 bits per heavy atom. The van der Waals surface area contributed by atoms with Crippen LogP contribution in [0.15, 0.2) is 35.2 Å². The van der Waals surface area contributed by atoms with Gasteiger partial charge in [-0.3, -0.25) is 0 Å².